The van der Waals surface area contributed by atoms with Crippen molar-refractivity contribution in [2.75, 3.05) is 30.1 Å². The number of hydrogen-bond donors (Lipinski definition) is 2. The van der Waals surface area contributed by atoms with Crippen molar-refractivity contribution in [3.8, 4) is 11.5 Å². The Hall–Kier alpha value is -3.22. The molecular formula is C17H15N3O4. The number of hydrogen-bond acceptors (Lipinski definition) is 4. The molecule has 0 radical (unpaired) electrons. The minimum Gasteiger partial charge on any atom is -0.454 e. The Morgan fingerprint density at radius 3 is 2.83 bits per heavy atom. The molecule has 122 valence electrons. The van der Waals surface area contributed by atoms with Crippen LogP contribution in [0.4, 0.5) is 16.2 Å². The summed E-state index contributed by atoms with van der Waals surface area (Å²) in [5, 5.41) is 5.59. The number of fused-ring (bicyclic) bond motifs is 1. The standard InChI is InChI=1S/C17H15N3O4/c21-16(11-4-5-14-15(8-11)24-10-23-14)19-12-2-1-3-13(9-12)20-7-6-18-17(20)22/h1-5,8-9H,6-7,10H2,(H,18,22)(H,19,21). The van der Waals surface area contributed by atoms with Gasteiger partial charge in [-0.05, 0) is 36.4 Å². The molecule has 3 amide bonds. The smallest absolute Gasteiger partial charge is 0.321 e. The second-order valence-electron chi connectivity index (χ2n) is 5.46. The van der Waals surface area contributed by atoms with Crippen molar-refractivity contribution in [3.63, 3.8) is 0 Å². The maximum Gasteiger partial charge on any atom is 0.321 e. The molecule has 0 spiro atoms. The van der Waals surface area contributed by atoms with Crippen LogP contribution in [0.1, 0.15) is 10.4 Å². The van der Waals surface area contributed by atoms with Crippen molar-refractivity contribution in [1.82, 2.24) is 5.32 Å². The van der Waals surface area contributed by atoms with Gasteiger partial charge in [-0.1, -0.05) is 6.07 Å². The van der Waals surface area contributed by atoms with E-state index in [9.17, 15) is 9.59 Å². The number of amides is 3. The molecular weight excluding hydrogens is 310 g/mol. The van der Waals surface area contributed by atoms with Gasteiger partial charge >= 0.3 is 6.03 Å². The first-order valence-corrected chi connectivity index (χ1v) is 7.57. The topological polar surface area (TPSA) is 79.9 Å². The summed E-state index contributed by atoms with van der Waals surface area (Å²) in [6.07, 6.45) is 0. The summed E-state index contributed by atoms with van der Waals surface area (Å²) in [4.78, 5) is 25.8. The summed E-state index contributed by atoms with van der Waals surface area (Å²) >= 11 is 0. The molecule has 0 bridgehead atoms. The van der Waals surface area contributed by atoms with Gasteiger partial charge in [0.2, 0.25) is 6.79 Å². The third kappa shape index (κ3) is 2.60. The summed E-state index contributed by atoms with van der Waals surface area (Å²) in [6.45, 7) is 1.39. The predicted molar refractivity (Wildman–Crippen MR) is 87.7 cm³/mol. The monoisotopic (exact) mass is 325 g/mol. The van der Waals surface area contributed by atoms with E-state index >= 15 is 0 Å². The van der Waals surface area contributed by atoms with Gasteiger partial charge in [-0.3, -0.25) is 9.69 Å². The summed E-state index contributed by atoms with van der Waals surface area (Å²) in [6, 6.07) is 12.1. The molecule has 4 rings (SSSR count). The number of carbonyl (C=O) groups is 2. The molecule has 7 nitrogen and oxygen atoms in total. The normalized spacial score (nSPS) is 15.3. The molecule has 2 aliphatic heterocycles. The molecule has 24 heavy (non-hydrogen) atoms. The van der Waals surface area contributed by atoms with E-state index in [0.717, 1.165) is 5.69 Å². The summed E-state index contributed by atoms with van der Waals surface area (Å²) in [7, 11) is 0. The summed E-state index contributed by atoms with van der Waals surface area (Å²) in [5.41, 5.74) is 1.84. The van der Waals surface area contributed by atoms with Crippen LogP contribution in [-0.2, 0) is 0 Å². The van der Waals surface area contributed by atoms with Crippen molar-refractivity contribution < 1.29 is 19.1 Å². The van der Waals surface area contributed by atoms with Crippen LogP contribution in [-0.4, -0.2) is 31.8 Å². The molecule has 0 saturated carbocycles. The van der Waals surface area contributed by atoms with E-state index in [2.05, 4.69) is 10.6 Å². The maximum atomic E-state index is 12.4. The molecule has 1 saturated heterocycles. The highest BCUT2D eigenvalue weighted by Gasteiger charge is 2.21. The fourth-order valence-corrected chi connectivity index (χ4v) is 2.71. The van der Waals surface area contributed by atoms with Crippen LogP contribution in [0.2, 0.25) is 0 Å². The number of urea groups is 1. The molecule has 0 atom stereocenters. The third-order valence-corrected chi connectivity index (χ3v) is 3.91. The summed E-state index contributed by atoms with van der Waals surface area (Å²) < 4.78 is 10.5. The first-order chi connectivity index (χ1) is 11.7. The number of ether oxygens (including phenoxy) is 2. The van der Waals surface area contributed by atoms with Crippen molar-refractivity contribution in [2.24, 2.45) is 0 Å². The molecule has 0 aromatic heterocycles. The first-order valence-electron chi connectivity index (χ1n) is 7.57. The van der Waals surface area contributed by atoms with E-state index < -0.39 is 0 Å². The Balaban J connectivity index is 1.52. The lowest BCUT2D eigenvalue weighted by Gasteiger charge is -2.15. The quantitative estimate of drug-likeness (QED) is 0.906. The van der Waals surface area contributed by atoms with Gasteiger partial charge in [-0.25, -0.2) is 4.79 Å². The van der Waals surface area contributed by atoms with Gasteiger partial charge in [-0.2, -0.15) is 0 Å². The van der Waals surface area contributed by atoms with Crippen LogP contribution in [0.5, 0.6) is 11.5 Å². The lowest BCUT2D eigenvalue weighted by Crippen LogP contribution is -2.27. The van der Waals surface area contributed by atoms with Gasteiger partial charge in [0.1, 0.15) is 0 Å². The van der Waals surface area contributed by atoms with Gasteiger partial charge in [0.05, 0.1) is 0 Å². The molecule has 7 heteroatoms. The largest absolute Gasteiger partial charge is 0.454 e. The Labute approximate surface area is 138 Å². The average molecular weight is 325 g/mol. The Morgan fingerprint density at radius 2 is 2.00 bits per heavy atom. The highest BCUT2D eigenvalue weighted by molar-refractivity contribution is 6.05. The number of nitrogens with zero attached hydrogens (tertiary/aromatic N) is 1. The fraction of sp³-hybridized carbons (Fsp3) is 0.176. The molecule has 0 unspecified atom stereocenters. The number of rotatable bonds is 3. The lowest BCUT2D eigenvalue weighted by molar-refractivity contribution is 0.102. The zero-order chi connectivity index (χ0) is 16.5. The second-order valence-corrected chi connectivity index (χ2v) is 5.46. The lowest BCUT2D eigenvalue weighted by atomic mass is 10.2. The van der Waals surface area contributed by atoms with E-state index in [0.29, 0.717) is 35.8 Å². The van der Waals surface area contributed by atoms with Crippen LogP contribution in [0, 0.1) is 0 Å². The zero-order valence-electron chi connectivity index (χ0n) is 12.7. The van der Waals surface area contributed by atoms with Crippen LogP contribution in [0.3, 0.4) is 0 Å². The van der Waals surface area contributed by atoms with Gasteiger partial charge < -0.3 is 20.1 Å². The van der Waals surface area contributed by atoms with E-state index in [1.165, 1.54) is 0 Å². The van der Waals surface area contributed by atoms with E-state index in [4.69, 9.17) is 9.47 Å². The number of anilines is 2. The van der Waals surface area contributed by atoms with Gasteiger partial charge in [0.25, 0.3) is 5.91 Å². The predicted octanol–water partition coefficient (Wildman–Crippen LogP) is 2.20. The molecule has 2 N–H and O–H groups in total. The Bertz CT molecular complexity index is 821. The minimum atomic E-state index is -0.253. The fourth-order valence-electron chi connectivity index (χ4n) is 2.71. The molecule has 2 aromatic rings. The highest BCUT2D eigenvalue weighted by atomic mass is 16.7. The van der Waals surface area contributed by atoms with Gasteiger partial charge in [0.15, 0.2) is 11.5 Å². The number of carbonyl (C=O) groups excluding carboxylic acids is 2. The van der Waals surface area contributed by atoms with Crippen LogP contribution in [0.15, 0.2) is 42.5 Å². The average Bonchev–Trinajstić information content (AvgIpc) is 3.22. The number of benzene rings is 2. The molecule has 2 aliphatic rings. The van der Waals surface area contributed by atoms with Crippen molar-refractivity contribution >= 4 is 23.3 Å². The Kier molecular flexibility index (Phi) is 3.45. The van der Waals surface area contributed by atoms with E-state index in [1.807, 2.05) is 6.07 Å². The molecule has 1 fully saturated rings. The molecule has 2 heterocycles. The van der Waals surface area contributed by atoms with Crippen LogP contribution in [0.25, 0.3) is 0 Å². The third-order valence-electron chi connectivity index (χ3n) is 3.91. The van der Waals surface area contributed by atoms with E-state index in [-0.39, 0.29) is 18.7 Å². The first kappa shape index (κ1) is 14.4. The van der Waals surface area contributed by atoms with Crippen LogP contribution < -0.4 is 25.0 Å². The van der Waals surface area contributed by atoms with E-state index in [1.54, 1.807) is 41.3 Å². The number of nitrogens with one attached hydrogen (secondary N) is 2. The summed E-state index contributed by atoms with van der Waals surface area (Å²) in [5.74, 6) is 0.940. The second kappa shape index (κ2) is 5.77. The van der Waals surface area contributed by atoms with Crippen LogP contribution >= 0.6 is 0 Å². The van der Waals surface area contributed by atoms with Crippen molar-refractivity contribution in [3.05, 3.63) is 48.0 Å². The van der Waals surface area contributed by atoms with Gasteiger partial charge in [-0.15, -0.1) is 0 Å². The zero-order valence-corrected chi connectivity index (χ0v) is 12.7. The van der Waals surface area contributed by atoms with Crippen molar-refractivity contribution in [1.29, 1.82) is 0 Å². The van der Waals surface area contributed by atoms with Crippen molar-refractivity contribution in [2.45, 2.75) is 0 Å². The highest BCUT2D eigenvalue weighted by Crippen LogP contribution is 2.32. The minimum absolute atomic E-state index is 0.130. The van der Waals surface area contributed by atoms with Gasteiger partial charge in [0, 0.05) is 30.0 Å². The molecule has 2 aromatic carbocycles. The molecule has 0 aliphatic carbocycles. The maximum absolute atomic E-state index is 12.4. The SMILES string of the molecule is O=C(Nc1cccc(N2CCNC2=O)c1)c1ccc2c(c1)OCO2. The Morgan fingerprint density at radius 1 is 1.12 bits per heavy atom.